The lowest BCUT2D eigenvalue weighted by atomic mass is 9.86. The van der Waals surface area contributed by atoms with Crippen molar-refractivity contribution < 1.29 is 33.8 Å². The first-order chi connectivity index (χ1) is 22.7. The summed E-state index contributed by atoms with van der Waals surface area (Å²) in [6.07, 6.45) is 12.5. The molecule has 5 rings (SSSR count). The third-order valence-corrected chi connectivity index (χ3v) is 9.60. The average Bonchev–Trinajstić information content (AvgIpc) is 3.08. The zero-order chi connectivity index (χ0) is 33.7. The van der Waals surface area contributed by atoms with Crippen LogP contribution in [0.3, 0.4) is 0 Å². The van der Waals surface area contributed by atoms with Crippen molar-refractivity contribution in [2.75, 3.05) is 20.8 Å². The van der Waals surface area contributed by atoms with E-state index in [0.29, 0.717) is 34.8 Å². The van der Waals surface area contributed by atoms with E-state index >= 15 is 0 Å². The van der Waals surface area contributed by atoms with Gasteiger partial charge < -0.3 is 24.4 Å². The van der Waals surface area contributed by atoms with Crippen LogP contribution in [0, 0.1) is 13.8 Å². The first-order valence-electron chi connectivity index (χ1n) is 16.8. The molecule has 7 nitrogen and oxygen atoms in total. The molecule has 2 N–H and O–H groups in total. The molecule has 0 atom stereocenters. The van der Waals surface area contributed by atoms with Gasteiger partial charge >= 0.3 is 5.97 Å². The highest BCUT2D eigenvalue weighted by Crippen LogP contribution is 2.41. The number of phenols is 2. The van der Waals surface area contributed by atoms with Crippen LogP contribution in [0.25, 0.3) is 28.1 Å². The summed E-state index contributed by atoms with van der Waals surface area (Å²) in [4.78, 5) is 13.4. The van der Waals surface area contributed by atoms with E-state index in [2.05, 4.69) is 36.7 Å². The van der Waals surface area contributed by atoms with Gasteiger partial charge in [0, 0.05) is 22.9 Å². The minimum atomic E-state index is -0.243. The predicted molar refractivity (Wildman–Crippen MR) is 187 cm³/mol. The van der Waals surface area contributed by atoms with Gasteiger partial charge in [-0.05, 0) is 104 Å². The van der Waals surface area contributed by atoms with Gasteiger partial charge in [0.05, 0.1) is 38.2 Å². The molecule has 0 bridgehead atoms. The Hall–Kier alpha value is -4.52. The lowest BCUT2D eigenvalue weighted by Gasteiger charge is -2.22. The zero-order valence-electron chi connectivity index (χ0n) is 28.7. The summed E-state index contributed by atoms with van der Waals surface area (Å²) in [7, 11) is 3.29. The second-order valence-electron chi connectivity index (χ2n) is 12.4. The third kappa shape index (κ3) is 6.95. The largest absolute Gasteiger partial charge is 0.508 e. The predicted octanol–water partition coefficient (Wildman–Crippen LogP) is 7.88. The van der Waals surface area contributed by atoms with E-state index in [0.717, 1.165) is 73.5 Å². The molecule has 1 aliphatic heterocycles. The van der Waals surface area contributed by atoms with Crippen LogP contribution < -0.4 is 14.0 Å². The molecule has 0 saturated carbocycles. The summed E-state index contributed by atoms with van der Waals surface area (Å²) >= 11 is 0. The molecule has 1 aromatic heterocycles. The van der Waals surface area contributed by atoms with Gasteiger partial charge in [-0.2, -0.15) is 4.57 Å². The van der Waals surface area contributed by atoms with E-state index in [1.54, 1.807) is 34.1 Å². The van der Waals surface area contributed by atoms with Gasteiger partial charge in [-0.15, -0.1) is 0 Å². The lowest BCUT2D eigenvalue weighted by Crippen LogP contribution is -2.41. The number of unbranched alkanes of at least 4 members (excludes halogenated alkanes) is 3. The number of rotatable bonds is 13. The number of allylic oxidation sites excluding steroid dienone is 1. The van der Waals surface area contributed by atoms with Crippen molar-refractivity contribution in [1.82, 2.24) is 0 Å². The maximum atomic E-state index is 13.4. The van der Waals surface area contributed by atoms with E-state index in [1.165, 1.54) is 22.3 Å². The van der Waals surface area contributed by atoms with E-state index < -0.39 is 0 Å². The molecule has 0 amide bonds. The Morgan fingerprint density at radius 1 is 0.936 bits per heavy atom. The minimum absolute atomic E-state index is 0.160. The molecule has 0 saturated heterocycles. The number of aromatic hydroxyl groups is 2. The number of aromatic nitrogens is 1. The number of hydrogen-bond donors (Lipinski definition) is 2. The molecular formula is C40H48NO6+. The number of fused-ring (bicyclic) bond motifs is 4. The van der Waals surface area contributed by atoms with Crippen LogP contribution in [0.5, 0.6) is 23.0 Å². The van der Waals surface area contributed by atoms with Crippen molar-refractivity contribution in [2.45, 2.75) is 85.6 Å². The molecule has 0 fully saturated rings. The summed E-state index contributed by atoms with van der Waals surface area (Å²) < 4.78 is 19.5. The monoisotopic (exact) mass is 638 g/mol. The minimum Gasteiger partial charge on any atom is -0.508 e. The number of pyridine rings is 1. The second kappa shape index (κ2) is 14.9. The zero-order valence-corrected chi connectivity index (χ0v) is 28.7. The number of nitrogens with zero attached hydrogens (tertiary/aromatic N) is 1. The summed E-state index contributed by atoms with van der Waals surface area (Å²) in [6.45, 7) is 9.17. The highest BCUT2D eigenvalue weighted by Gasteiger charge is 2.32. The van der Waals surface area contributed by atoms with E-state index in [9.17, 15) is 15.0 Å². The molecule has 47 heavy (non-hydrogen) atoms. The Balaban J connectivity index is 1.31. The normalized spacial score (nSPS) is 12.3. The lowest BCUT2D eigenvalue weighted by molar-refractivity contribution is -0.686. The molecule has 0 radical (unpaired) electrons. The quantitative estimate of drug-likeness (QED) is 0.0671. The van der Waals surface area contributed by atoms with Crippen molar-refractivity contribution in [1.29, 1.82) is 0 Å². The Morgan fingerprint density at radius 3 is 2.43 bits per heavy atom. The molecule has 3 aromatic carbocycles. The van der Waals surface area contributed by atoms with Gasteiger partial charge in [0.1, 0.15) is 11.5 Å². The van der Waals surface area contributed by atoms with E-state index in [-0.39, 0.29) is 23.9 Å². The van der Waals surface area contributed by atoms with Crippen LogP contribution in [-0.4, -0.2) is 37.0 Å². The van der Waals surface area contributed by atoms with Crippen molar-refractivity contribution in [3.05, 3.63) is 81.5 Å². The summed E-state index contributed by atoms with van der Waals surface area (Å²) in [6, 6.07) is 10.2. The highest BCUT2D eigenvalue weighted by molar-refractivity contribution is 5.97. The Kier molecular flexibility index (Phi) is 10.7. The van der Waals surface area contributed by atoms with Crippen LogP contribution in [0.2, 0.25) is 0 Å². The number of hydrogen-bond acceptors (Lipinski definition) is 6. The molecule has 0 aliphatic carbocycles. The number of phenolic OH excluding ortho intramolecular Hbond substituents is 2. The number of carbonyl (C=O) groups excluding carboxylic acids is 1. The van der Waals surface area contributed by atoms with Crippen molar-refractivity contribution in [2.24, 2.45) is 0 Å². The first kappa shape index (κ1) is 33.8. The van der Waals surface area contributed by atoms with Gasteiger partial charge in [0.25, 0.3) is 0 Å². The topological polar surface area (TPSA) is 89.1 Å². The molecule has 2 heterocycles. The molecule has 0 unspecified atom stereocenters. The number of carbonyl (C=O) groups is 1. The third-order valence-electron chi connectivity index (χ3n) is 9.60. The highest BCUT2D eigenvalue weighted by atomic mass is 16.5. The molecule has 1 aliphatic rings. The second-order valence-corrected chi connectivity index (χ2v) is 12.4. The van der Waals surface area contributed by atoms with Crippen LogP contribution >= 0.6 is 0 Å². The smallest absolute Gasteiger partial charge is 0.310 e. The van der Waals surface area contributed by atoms with E-state index in [1.807, 2.05) is 24.3 Å². The number of aryl methyl sites for hydroxylation is 4. The molecule has 7 heteroatoms. The van der Waals surface area contributed by atoms with Gasteiger partial charge in [-0.1, -0.05) is 32.1 Å². The molecule has 0 spiro atoms. The van der Waals surface area contributed by atoms with Crippen molar-refractivity contribution in [3.63, 3.8) is 0 Å². The van der Waals surface area contributed by atoms with Crippen molar-refractivity contribution in [3.8, 4) is 34.3 Å². The molecule has 248 valence electrons. The van der Waals surface area contributed by atoms with Crippen LogP contribution in [-0.2, 0) is 41.8 Å². The van der Waals surface area contributed by atoms with Gasteiger partial charge in [0.15, 0.2) is 24.2 Å². The van der Waals surface area contributed by atoms with Gasteiger partial charge in [-0.3, -0.25) is 4.79 Å². The van der Waals surface area contributed by atoms with E-state index in [4.69, 9.17) is 14.2 Å². The van der Waals surface area contributed by atoms with Crippen molar-refractivity contribution >= 4 is 22.8 Å². The standard InChI is InChI=1S/C40H47NO6/c1-7-27-20-29-17-18-41-24-34-31(15-16-36(45-5)40(34)46-6)33(38(41)32(29)21-28(27)8-2)23-37(43)47-19-13-11-9-10-12-14-30-22-35(42)25(3)26(4)39(30)44/h12,14-16,20-22,24H,7-11,13,17-19,23H2,1-6H3,(H-,42,44)/p+1/b14-12+. The Bertz CT molecular complexity index is 1820. The fourth-order valence-corrected chi connectivity index (χ4v) is 6.77. The van der Waals surface area contributed by atoms with Crippen LogP contribution in [0.1, 0.15) is 78.5 Å². The van der Waals surface area contributed by atoms with Crippen LogP contribution in [0.4, 0.5) is 0 Å². The summed E-state index contributed by atoms with van der Waals surface area (Å²) in [5, 5.41) is 22.3. The maximum Gasteiger partial charge on any atom is 0.310 e. The van der Waals surface area contributed by atoms with Gasteiger partial charge in [0.2, 0.25) is 5.69 Å². The summed E-state index contributed by atoms with van der Waals surface area (Å²) in [5.41, 5.74) is 9.29. The van der Waals surface area contributed by atoms with Gasteiger partial charge in [-0.25, -0.2) is 0 Å². The fraction of sp³-hybridized carbons (Fsp3) is 0.400. The number of esters is 1. The number of benzene rings is 3. The fourth-order valence-electron chi connectivity index (χ4n) is 6.77. The number of methoxy groups -OCH3 is 2. The molecular weight excluding hydrogens is 590 g/mol. The number of ether oxygens (including phenoxy) is 3. The average molecular weight is 639 g/mol. The Morgan fingerprint density at radius 2 is 1.70 bits per heavy atom. The summed E-state index contributed by atoms with van der Waals surface area (Å²) in [5.74, 6) is 1.46. The SMILES string of the molecule is CCc1cc2c(cc1CC)-c1c(CC(=O)OCCCCC/C=C/c3cc(O)c(C)c(C)c3O)c3ccc(OC)c(OC)c3c[n+]1CC2. The van der Waals surface area contributed by atoms with Crippen LogP contribution in [0.15, 0.2) is 42.6 Å². The maximum absolute atomic E-state index is 13.4. The first-order valence-corrected chi connectivity index (χ1v) is 16.8. The Labute approximate surface area is 278 Å². The molecule has 4 aromatic rings.